The molecule has 4 rings (SSSR count). The largest absolute Gasteiger partial charge is 0.417 e. The molecular formula is C18H21N6O2+. The molecule has 1 aromatic carbocycles. The standard InChI is InChI=1S/C18H21N6O2/c1-11-12(2)24-14-15(21(3)18(26)22(4)16(14)25)19-17(24)23(20-11)10-13-8-6-5-7-9-13/h5-9,12,14H,10H2,1-4H3/q+1. The first-order chi connectivity index (χ1) is 12.4. The number of aliphatic imine (C=N–C) groups is 1. The highest BCUT2D eigenvalue weighted by Crippen LogP contribution is 2.25. The van der Waals surface area contributed by atoms with Crippen LogP contribution in [0.25, 0.3) is 0 Å². The average Bonchev–Trinajstić information content (AvgIpc) is 3.04. The number of hydrazone groups is 1. The minimum Gasteiger partial charge on any atom is -0.270 e. The molecule has 0 aromatic heterocycles. The van der Waals surface area contributed by atoms with Crippen LogP contribution in [0.15, 0.2) is 40.4 Å². The van der Waals surface area contributed by atoms with Gasteiger partial charge in [-0.05, 0) is 19.4 Å². The van der Waals surface area contributed by atoms with E-state index >= 15 is 0 Å². The van der Waals surface area contributed by atoms with Crippen LogP contribution in [-0.4, -0.2) is 75.0 Å². The van der Waals surface area contributed by atoms with E-state index in [2.05, 4.69) is 10.1 Å². The van der Waals surface area contributed by atoms with Gasteiger partial charge in [0.2, 0.25) is 11.9 Å². The summed E-state index contributed by atoms with van der Waals surface area (Å²) in [6, 6.07) is 8.92. The van der Waals surface area contributed by atoms with Crippen molar-refractivity contribution in [2.24, 2.45) is 10.1 Å². The van der Waals surface area contributed by atoms with Crippen molar-refractivity contribution in [1.82, 2.24) is 14.8 Å². The van der Waals surface area contributed by atoms with E-state index in [1.807, 2.05) is 53.8 Å². The van der Waals surface area contributed by atoms with Gasteiger partial charge in [-0.15, -0.1) is 10.1 Å². The Hall–Kier alpha value is -3.03. The van der Waals surface area contributed by atoms with Crippen LogP contribution in [0.2, 0.25) is 0 Å². The molecule has 3 aliphatic heterocycles. The molecule has 1 saturated heterocycles. The van der Waals surface area contributed by atoms with Crippen LogP contribution in [0.4, 0.5) is 4.79 Å². The van der Waals surface area contributed by atoms with Crippen LogP contribution < -0.4 is 0 Å². The summed E-state index contributed by atoms with van der Waals surface area (Å²) >= 11 is 0. The van der Waals surface area contributed by atoms with Crippen molar-refractivity contribution in [3.8, 4) is 0 Å². The number of amidine groups is 1. The molecule has 0 aliphatic carbocycles. The van der Waals surface area contributed by atoms with E-state index in [1.54, 1.807) is 7.05 Å². The van der Waals surface area contributed by atoms with E-state index in [4.69, 9.17) is 0 Å². The number of imide groups is 1. The monoisotopic (exact) mass is 353 g/mol. The van der Waals surface area contributed by atoms with Gasteiger partial charge in [-0.1, -0.05) is 35.3 Å². The van der Waals surface area contributed by atoms with Crippen molar-refractivity contribution in [3.05, 3.63) is 35.9 Å². The molecule has 8 nitrogen and oxygen atoms in total. The first-order valence-electron chi connectivity index (χ1n) is 8.56. The van der Waals surface area contributed by atoms with Gasteiger partial charge < -0.3 is 0 Å². The Morgan fingerprint density at radius 1 is 1.12 bits per heavy atom. The number of carbonyl (C=O) groups is 2. The van der Waals surface area contributed by atoms with E-state index in [0.29, 0.717) is 18.3 Å². The zero-order valence-corrected chi connectivity index (χ0v) is 15.2. The minimum absolute atomic E-state index is 0.0813. The summed E-state index contributed by atoms with van der Waals surface area (Å²) in [7, 11) is 3.16. The molecule has 134 valence electrons. The van der Waals surface area contributed by atoms with Gasteiger partial charge in [-0.25, -0.2) is 9.37 Å². The van der Waals surface area contributed by atoms with E-state index in [0.717, 1.165) is 16.2 Å². The molecule has 3 aliphatic rings. The highest BCUT2D eigenvalue weighted by atomic mass is 16.2. The predicted molar refractivity (Wildman–Crippen MR) is 97.0 cm³/mol. The lowest BCUT2D eigenvalue weighted by atomic mass is 10.1. The van der Waals surface area contributed by atoms with E-state index in [1.165, 1.54) is 11.9 Å². The Balaban J connectivity index is 1.78. The number of rotatable bonds is 2. The Bertz CT molecular complexity index is 888. The van der Waals surface area contributed by atoms with E-state index in [9.17, 15) is 9.59 Å². The fourth-order valence-corrected chi connectivity index (χ4v) is 3.52. The Labute approximate surface area is 151 Å². The van der Waals surface area contributed by atoms with E-state index < -0.39 is 6.04 Å². The summed E-state index contributed by atoms with van der Waals surface area (Å²) < 4.78 is 1.96. The molecule has 3 heterocycles. The highest BCUT2D eigenvalue weighted by molar-refractivity contribution is 6.23. The number of guanidine groups is 1. The third kappa shape index (κ3) is 2.25. The lowest BCUT2D eigenvalue weighted by molar-refractivity contribution is -0.559. The van der Waals surface area contributed by atoms with Crippen molar-refractivity contribution in [2.75, 3.05) is 14.1 Å². The number of hydrogen-bond acceptors (Lipinski definition) is 5. The van der Waals surface area contributed by atoms with E-state index in [-0.39, 0.29) is 18.0 Å². The first kappa shape index (κ1) is 16.4. The zero-order valence-electron chi connectivity index (χ0n) is 15.2. The molecule has 0 N–H and O–H groups in total. The fourth-order valence-electron chi connectivity index (χ4n) is 3.52. The van der Waals surface area contributed by atoms with Gasteiger partial charge in [-0.2, -0.15) is 0 Å². The van der Waals surface area contributed by atoms with Crippen LogP contribution in [0.3, 0.4) is 0 Å². The number of urea groups is 1. The molecule has 0 radical (unpaired) electrons. The van der Waals surface area contributed by atoms with Crippen molar-refractivity contribution >= 4 is 29.4 Å². The maximum atomic E-state index is 12.8. The maximum absolute atomic E-state index is 12.8. The SMILES string of the molecule is CC1=NN(Cc2ccccc2)C2=[N+](C1C)C1C(=O)N(C)C(=O)N(C)C1=N2. The van der Waals surface area contributed by atoms with Crippen LogP contribution in [-0.2, 0) is 11.3 Å². The molecule has 0 bridgehead atoms. The first-order valence-corrected chi connectivity index (χ1v) is 8.56. The number of benzene rings is 1. The van der Waals surface area contributed by atoms with Gasteiger partial charge in [0.1, 0.15) is 12.6 Å². The Kier molecular flexibility index (Phi) is 3.64. The van der Waals surface area contributed by atoms with Crippen LogP contribution in [0.5, 0.6) is 0 Å². The van der Waals surface area contributed by atoms with Gasteiger partial charge in [0.15, 0.2) is 0 Å². The van der Waals surface area contributed by atoms with Gasteiger partial charge in [0.05, 0.1) is 5.71 Å². The fraction of sp³-hybridized carbons (Fsp3) is 0.389. The summed E-state index contributed by atoms with van der Waals surface area (Å²) in [5.41, 5.74) is 1.99. The molecule has 0 saturated carbocycles. The average molecular weight is 353 g/mol. The van der Waals surface area contributed by atoms with Crippen molar-refractivity contribution in [1.29, 1.82) is 0 Å². The normalized spacial score (nSPS) is 25.3. The second kappa shape index (κ2) is 5.76. The third-order valence-corrected chi connectivity index (χ3v) is 5.16. The lowest BCUT2D eigenvalue weighted by Crippen LogP contribution is -2.63. The summed E-state index contributed by atoms with van der Waals surface area (Å²) in [6.07, 6.45) is 0. The molecule has 1 fully saturated rings. The second-order valence-electron chi connectivity index (χ2n) is 6.78. The smallest absolute Gasteiger partial charge is 0.270 e. The molecule has 1 aromatic rings. The predicted octanol–water partition coefficient (Wildman–Crippen LogP) is 0.940. The summed E-state index contributed by atoms with van der Waals surface area (Å²) in [5, 5.41) is 6.49. The molecule has 26 heavy (non-hydrogen) atoms. The summed E-state index contributed by atoms with van der Waals surface area (Å²) in [6.45, 7) is 4.49. The third-order valence-electron chi connectivity index (χ3n) is 5.16. The minimum atomic E-state index is -0.601. The number of amides is 3. The molecular weight excluding hydrogens is 332 g/mol. The van der Waals surface area contributed by atoms with Crippen molar-refractivity contribution in [3.63, 3.8) is 0 Å². The second-order valence-corrected chi connectivity index (χ2v) is 6.78. The van der Waals surface area contributed by atoms with Gasteiger partial charge >= 0.3 is 12.0 Å². The lowest BCUT2D eigenvalue weighted by Gasteiger charge is -2.33. The number of fused-ring (bicyclic) bond motifs is 2. The molecule has 2 unspecified atom stereocenters. The number of likely N-dealkylation sites (N-methyl/N-ethyl adjacent to an activating group) is 2. The maximum Gasteiger partial charge on any atom is 0.417 e. The number of nitrogens with zero attached hydrogens (tertiary/aromatic N) is 6. The van der Waals surface area contributed by atoms with Crippen LogP contribution in [0, 0.1) is 0 Å². The Morgan fingerprint density at radius 2 is 1.81 bits per heavy atom. The van der Waals surface area contributed by atoms with Crippen LogP contribution >= 0.6 is 0 Å². The molecule has 0 spiro atoms. The van der Waals surface area contributed by atoms with Gasteiger partial charge in [-0.3, -0.25) is 14.6 Å². The number of carbonyl (C=O) groups excluding carboxylic acids is 2. The van der Waals surface area contributed by atoms with Crippen molar-refractivity contribution < 1.29 is 14.2 Å². The zero-order chi connectivity index (χ0) is 18.6. The van der Waals surface area contributed by atoms with Gasteiger partial charge in [0.25, 0.3) is 5.91 Å². The van der Waals surface area contributed by atoms with Crippen LogP contribution in [0.1, 0.15) is 19.4 Å². The topological polar surface area (TPSA) is 71.6 Å². The summed E-state index contributed by atoms with van der Waals surface area (Å²) in [4.78, 5) is 32.3. The highest BCUT2D eigenvalue weighted by Gasteiger charge is 2.55. The molecule has 2 atom stereocenters. The molecule has 3 amide bonds. The number of hydrogen-bond donors (Lipinski definition) is 0. The quantitative estimate of drug-likeness (QED) is 0.743. The Morgan fingerprint density at radius 3 is 2.50 bits per heavy atom. The van der Waals surface area contributed by atoms with Crippen molar-refractivity contribution in [2.45, 2.75) is 32.5 Å². The molecule has 8 heteroatoms. The van der Waals surface area contributed by atoms with Gasteiger partial charge in [0, 0.05) is 14.1 Å². The summed E-state index contributed by atoms with van der Waals surface area (Å²) in [5.74, 6) is 0.807.